The van der Waals surface area contributed by atoms with Crippen molar-refractivity contribution < 1.29 is 4.74 Å². The van der Waals surface area contributed by atoms with Crippen LogP contribution in [0.2, 0.25) is 0 Å². The highest BCUT2D eigenvalue weighted by Gasteiger charge is 2.41. The quantitative estimate of drug-likeness (QED) is 0.308. The molecular weight excluding hydrogens is 425 g/mol. The van der Waals surface area contributed by atoms with Gasteiger partial charge in [0.15, 0.2) is 0 Å². The van der Waals surface area contributed by atoms with Crippen molar-refractivity contribution in [2.45, 2.75) is 12.8 Å². The van der Waals surface area contributed by atoms with Gasteiger partial charge in [-0.1, -0.05) is 72.8 Å². The van der Waals surface area contributed by atoms with Gasteiger partial charge in [-0.25, -0.2) is 0 Å². The fourth-order valence-corrected chi connectivity index (χ4v) is 6.17. The predicted molar refractivity (Wildman–Crippen MR) is 145 cm³/mol. The average Bonchev–Trinajstić information content (AvgIpc) is 2.89. The first-order chi connectivity index (χ1) is 17.4. The number of rotatable bonds is 2. The molecule has 0 radical (unpaired) electrons. The number of hydrogen-bond acceptors (Lipinski definition) is 2. The molecule has 2 nitrogen and oxygen atoms in total. The molecule has 5 aromatic rings. The Morgan fingerprint density at radius 2 is 1.43 bits per heavy atom. The topological polar surface area (TPSA) is 12.5 Å². The lowest BCUT2D eigenvalue weighted by Gasteiger charge is -2.40. The molecule has 0 unspecified atom stereocenters. The SMILES string of the molecule is c1ccc(N2c3ccccc3B3c4ccccc4Oc4cc(-c5cccc6c5CC6)cc2c43)cc1. The molecule has 0 saturated heterocycles. The monoisotopic (exact) mass is 447 g/mol. The van der Waals surface area contributed by atoms with E-state index in [1.165, 1.54) is 56.4 Å². The standard InChI is InChI=1S/C32H22BNO/c1-2-10-23(11-3-1)34-28-15-6-4-13-26(28)33-27-14-5-7-16-30(27)35-31-20-22(19-29(34)32(31)33)24-12-8-9-21-17-18-25(21)24/h1-16,19-20H,17-18H2. The molecule has 3 heteroatoms. The van der Waals surface area contributed by atoms with Crippen LogP contribution < -0.4 is 26.0 Å². The van der Waals surface area contributed by atoms with Crippen molar-refractivity contribution >= 4 is 40.2 Å². The molecule has 0 fully saturated rings. The van der Waals surface area contributed by atoms with E-state index < -0.39 is 0 Å². The molecule has 0 N–H and O–H groups in total. The third-order valence-electron chi connectivity index (χ3n) is 7.83. The summed E-state index contributed by atoms with van der Waals surface area (Å²) in [7, 11) is 0. The lowest BCUT2D eigenvalue weighted by molar-refractivity contribution is 0.487. The lowest BCUT2D eigenvalue weighted by Crippen LogP contribution is -2.59. The van der Waals surface area contributed by atoms with Crippen LogP contribution in [0, 0.1) is 0 Å². The molecule has 2 aliphatic heterocycles. The minimum atomic E-state index is 0.147. The highest BCUT2D eigenvalue weighted by atomic mass is 16.5. The molecule has 0 spiro atoms. The lowest BCUT2D eigenvalue weighted by atomic mass is 9.34. The van der Waals surface area contributed by atoms with Gasteiger partial charge < -0.3 is 9.64 Å². The fourth-order valence-electron chi connectivity index (χ4n) is 6.17. The van der Waals surface area contributed by atoms with Gasteiger partial charge in [-0.05, 0) is 87.9 Å². The summed E-state index contributed by atoms with van der Waals surface area (Å²) in [4.78, 5) is 2.42. The maximum absolute atomic E-state index is 6.65. The number of anilines is 3. The molecule has 0 aromatic heterocycles. The number of para-hydroxylation sites is 3. The molecule has 5 aromatic carbocycles. The highest BCUT2D eigenvalue weighted by Crippen LogP contribution is 2.44. The Hall–Kier alpha value is -4.24. The van der Waals surface area contributed by atoms with Crippen LogP contribution in [-0.2, 0) is 12.8 Å². The van der Waals surface area contributed by atoms with Gasteiger partial charge in [0.2, 0.25) is 0 Å². The molecule has 0 saturated carbocycles. The molecule has 35 heavy (non-hydrogen) atoms. The summed E-state index contributed by atoms with van der Waals surface area (Å²) < 4.78 is 6.65. The van der Waals surface area contributed by atoms with Crippen molar-refractivity contribution in [3.8, 4) is 22.6 Å². The summed E-state index contributed by atoms with van der Waals surface area (Å²) in [5.41, 5.74) is 12.9. The van der Waals surface area contributed by atoms with E-state index in [1.807, 2.05) is 0 Å². The van der Waals surface area contributed by atoms with E-state index in [0.29, 0.717) is 0 Å². The van der Waals surface area contributed by atoms with E-state index in [4.69, 9.17) is 4.74 Å². The Balaban J connectivity index is 1.46. The molecule has 2 heterocycles. The molecule has 0 bridgehead atoms. The first kappa shape index (κ1) is 19.1. The smallest absolute Gasteiger partial charge is 0.256 e. The fraction of sp³-hybridized carbons (Fsp3) is 0.0625. The molecule has 3 aliphatic rings. The normalized spacial score (nSPS) is 14.2. The molecular formula is C32H22BNO. The Labute approximate surface area is 205 Å². The average molecular weight is 447 g/mol. The number of hydrogen-bond donors (Lipinski definition) is 0. The molecule has 0 amide bonds. The zero-order valence-corrected chi connectivity index (χ0v) is 19.2. The summed E-state index contributed by atoms with van der Waals surface area (Å²) in [5, 5.41) is 0. The van der Waals surface area contributed by atoms with Gasteiger partial charge >= 0.3 is 0 Å². The zero-order valence-electron chi connectivity index (χ0n) is 19.2. The minimum Gasteiger partial charge on any atom is -0.458 e. The van der Waals surface area contributed by atoms with Crippen LogP contribution in [0.15, 0.2) is 109 Å². The van der Waals surface area contributed by atoms with Crippen LogP contribution in [0.4, 0.5) is 17.1 Å². The van der Waals surface area contributed by atoms with Crippen LogP contribution in [0.1, 0.15) is 11.1 Å². The van der Waals surface area contributed by atoms with Gasteiger partial charge in [0.25, 0.3) is 6.71 Å². The summed E-state index contributed by atoms with van der Waals surface area (Å²) in [6, 6.07) is 39.4. The van der Waals surface area contributed by atoms with Crippen LogP contribution in [-0.4, -0.2) is 6.71 Å². The Bertz CT molecular complexity index is 1640. The number of aryl methyl sites for hydroxylation is 1. The van der Waals surface area contributed by atoms with E-state index in [1.54, 1.807) is 0 Å². The maximum atomic E-state index is 6.65. The molecule has 1 aliphatic carbocycles. The van der Waals surface area contributed by atoms with Crippen LogP contribution >= 0.6 is 0 Å². The van der Waals surface area contributed by atoms with E-state index in [9.17, 15) is 0 Å². The van der Waals surface area contributed by atoms with Crippen LogP contribution in [0.25, 0.3) is 11.1 Å². The van der Waals surface area contributed by atoms with Crippen LogP contribution in [0.5, 0.6) is 11.5 Å². The van der Waals surface area contributed by atoms with Gasteiger partial charge in [-0.3, -0.25) is 0 Å². The van der Waals surface area contributed by atoms with E-state index >= 15 is 0 Å². The van der Waals surface area contributed by atoms with Crippen LogP contribution in [0.3, 0.4) is 0 Å². The maximum Gasteiger partial charge on any atom is 0.256 e. The Kier molecular flexibility index (Phi) is 3.89. The van der Waals surface area contributed by atoms with Crippen molar-refractivity contribution in [1.29, 1.82) is 0 Å². The second-order valence-electron chi connectivity index (χ2n) is 9.65. The van der Waals surface area contributed by atoms with Crippen molar-refractivity contribution in [3.63, 3.8) is 0 Å². The number of benzene rings is 5. The van der Waals surface area contributed by atoms with E-state index in [2.05, 4.69) is 114 Å². The number of fused-ring (bicyclic) bond motifs is 5. The zero-order chi connectivity index (χ0) is 22.9. The summed E-state index contributed by atoms with van der Waals surface area (Å²) in [6.07, 6.45) is 2.33. The second kappa shape index (κ2) is 7.13. The van der Waals surface area contributed by atoms with Gasteiger partial charge in [0.1, 0.15) is 11.5 Å². The third-order valence-corrected chi connectivity index (χ3v) is 7.83. The van der Waals surface area contributed by atoms with E-state index in [-0.39, 0.29) is 6.71 Å². The predicted octanol–water partition coefficient (Wildman–Crippen LogP) is 5.86. The van der Waals surface area contributed by atoms with Gasteiger partial charge in [-0.2, -0.15) is 0 Å². The Morgan fingerprint density at radius 1 is 0.629 bits per heavy atom. The summed E-state index contributed by atoms with van der Waals surface area (Å²) >= 11 is 0. The molecule has 8 rings (SSSR count). The molecule has 164 valence electrons. The highest BCUT2D eigenvalue weighted by molar-refractivity contribution is 6.99. The third kappa shape index (κ3) is 2.67. The van der Waals surface area contributed by atoms with Gasteiger partial charge in [-0.15, -0.1) is 0 Å². The van der Waals surface area contributed by atoms with Crippen molar-refractivity contribution in [1.82, 2.24) is 0 Å². The first-order valence-electron chi connectivity index (χ1n) is 12.4. The number of ether oxygens (including phenoxy) is 1. The van der Waals surface area contributed by atoms with Gasteiger partial charge in [0.05, 0.1) is 0 Å². The van der Waals surface area contributed by atoms with E-state index in [0.717, 1.165) is 23.6 Å². The second-order valence-corrected chi connectivity index (χ2v) is 9.65. The minimum absolute atomic E-state index is 0.147. The summed E-state index contributed by atoms with van der Waals surface area (Å²) in [6.45, 7) is 0.147. The first-order valence-corrected chi connectivity index (χ1v) is 12.4. The Morgan fingerprint density at radius 3 is 2.29 bits per heavy atom. The number of nitrogens with zero attached hydrogens (tertiary/aromatic N) is 1. The van der Waals surface area contributed by atoms with Gasteiger partial charge in [0, 0.05) is 17.1 Å². The summed E-state index contributed by atoms with van der Waals surface area (Å²) in [5.74, 6) is 1.92. The van der Waals surface area contributed by atoms with Crippen molar-refractivity contribution in [2.24, 2.45) is 0 Å². The molecule has 0 atom stereocenters. The van der Waals surface area contributed by atoms with Crippen molar-refractivity contribution in [3.05, 3.63) is 120 Å². The van der Waals surface area contributed by atoms with Crippen molar-refractivity contribution in [2.75, 3.05) is 4.90 Å². The largest absolute Gasteiger partial charge is 0.458 e.